The van der Waals surface area contributed by atoms with Gasteiger partial charge in [0.25, 0.3) is 5.91 Å². The number of rotatable bonds is 6. The van der Waals surface area contributed by atoms with Crippen LogP contribution in [0.15, 0.2) is 91.0 Å². The maximum Gasteiger partial charge on any atom is 0.256 e. The Kier molecular flexibility index (Phi) is 6.38. The number of carbonyl (C=O) groups is 1. The second-order valence-corrected chi connectivity index (χ2v) is 10.2. The average Bonchev–Trinajstić information content (AvgIpc) is 2.79. The summed E-state index contributed by atoms with van der Waals surface area (Å²) in [4.78, 5) is 17.5. The zero-order valence-corrected chi connectivity index (χ0v) is 19.3. The number of hydrogen-bond donors (Lipinski definition) is 1. The van der Waals surface area contributed by atoms with Crippen LogP contribution in [0.1, 0.15) is 21.5 Å². The van der Waals surface area contributed by atoms with E-state index >= 15 is 0 Å². The van der Waals surface area contributed by atoms with Crippen molar-refractivity contribution in [3.63, 3.8) is 0 Å². The average molecular weight is 457 g/mol. The Morgan fingerprint density at radius 1 is 0.818 bits per heavy atom. The Labute approximate surface area is 194 Å². The number of carbonyl (C=O) groups excluding carboxylic acids is 1. The number of pyridine rings is 1. The molecule has 0 fully saturated rings. The lowest BCUT2D eigenvalue weighted by Crippen LogP contribution is -2.13. The normalized spacial score (nSPS) is 11.2. The monoisotopic (exact) mass is 456 g/mol. The van der Waals surface area contributed by atoms with Crippen molar-refractivity contribution in [2.45, 2.75) is 12.7 Å². The number of aromatic nitrogens is 1. The van der Waals surface area contributed by atoms with Crippen molar-refractivity contribution in [3.05, 3.63) is 108 Å². The first-order chi connectivity index (χ1) is 15.8. The van der Waals surface area contributed by atoms with E-state index in [1.807, 2.05) is 73.7 Å². The molecule has 0 aliphatic carbocycles. The lowest BCUT2D eigenvalue weighted by molar-refractivity contribution is 0.102. The molecule has 0 aliphatic heterocycles. The lowest BCUT2D eigenvalue weighted by atomic mass is 10.0. The molecule has 0 bridgehead atoms. The van der Waals surface area contributed by atoms with Crippen LogP contribution in [0.25, 0.3) is 22.4 Å². The third kappa shape index (κ3) is 5.93. The number of amides is 1. The molecule has 1 heterocycles. The molecule has 5 nitrogen and oxygen atoms in total. The van der Waals surface area contributed by atoms with Gasteiger partial charge in [-0.05, 0) is 47.9 Å². The quantitative estimate of drug-likeness (QED) is 0.414. The van der Waals surface area contributed by atoms with Crippen molar-refractivity contribution in [2.24, 2.45) is 0 Å². The second kappa shape index (κ2) is 9.38. The number of benzene rings is 3. The van der Waals surface area contributed by atoms with Crippen LogP contribution in [-0.4, -0.2) is 25.6 Å². The van der Waals surface area contributed by atoms with Crippen LogP contribution in [0.3, 0.4) is 0 Å². The summed E-state index contributed by atoms with van der Waals surface area (Å²) in [5, 5.41) is 2.89. The fraction of sp³-hybridized carbons (Fsp3) is 0.111. The molecule has 0 radical (unpaired) electrons. The van der Waals surface area contributed by atoms with Crippen LogP contribution >= 0.6 is 0 Å². The number of nitrogens with one attached hydrogen (secondary N) is 1. The number of sulfone groups is 1. The fourth-order valence-electron chi connectivity index (χ4n) is 3.51. The fourth-order valence-corrected chi connectivity index (χ4v) is 4.31. The molecule has 1 amide bonds. The van der Waals surface area contributed by atoms with Crippen molar-refractivity contribution in [1.29, 1.82) is 0 Å². The van der Waals surface area contributed by atoms with E-state index in [9.17, 15) is 13.2 Å². The molecule has 1 N–H and O–H groups in total. The first-order valence-corrected chi connectivity index (χ1v) is 12.6. The van der Waals surface area contributed by atoms with Gasteiger partial charge < -0.3 is 5.32 Å². The van der Waals surface area contributed by atoms with Gasteiger partial charge in [-0.2, -0.15) is 0 Å². The predicted octanol–water partition coefficient (Wildman–Crippen LogP) is 5.52. The summed E-state index contributed by atoms with van der Waals surface area (Å²) in [6, 6.07) is 28.4. The topological polar surface area (TPSA) is 76.1 Å². The van der Waals surface area contributed by atoms with E-state index in [1.54, 1.807) is 24.3 Å². The van der Waals surface area contributed by atoms with Gasteiger partial charge >= 0.3 is 0 Å². The van der Waals surface area contributed by atoms with Crippen LogP contribution in [0, 0.1) is 6.92 Å². The SMILES string of the molecule is Cc1ccc(-c2cc(NC(=O)c3ccc(CS(C)(=O)=O)cc3)nc(-c3ccccc3)c2)cc1. The van der Waals surface area contributed by atoms with Crippen molar-refractivity contribution in [3.8, 4) is 22.4 Å². The van der Waals surface area contributed by atoms with Crippen LogP contribution < -0.4 is 5.32 Å². The molecule has 0 aliphatic rings. The Balaban J connectivity index is 1.65. The molecule has 0 spiro atoms. The van der Waals surface area contributed by atoms with Gasteiger partial charge in [0.15, 0.2) is 9.84 Å². The molecule has 0 saturated carbocycles. The minimum absolute atomic E-state index is 0.0600. The maximum absolute atomic E-state index is 12.9. The molecule has 4 rings (SSSR count). The summed E-state index contributed by atoms with van der Waals surface area (Å²) in [6.07, 6.45) is 1.19. The van der Waals surface area contributed by atoms with Crippen molar-refractivity contribution in [2.75, 3.05) is 11.6 Å². The molecule has 0 unspecified atom stereocenters. The summed E-state index contributed by atoms with van der Waals surface area (Å²) < 4.78 is 23.0. The van der Waals surface area contributed by atoms with Gasteiger partial charge in [0.2, 0.25) is 0 Å². The lowest BCUT2D eigenvalue weighted by Gasteiger charge is -2.11. The maximum atomic E-state index is 12.9. The predicted molar refractivity (Wildman–Crippen MR) is 133 cm³/mol. The minimum atomic E-state index is -3.13. The van der Waals surface area contributed by atoms with Gasteiger partial charge in [0.1, 0.15) is 5.82 Å². The van der Waals surface area contributed by atoms with Gasteiger partial charge in [0, 0.05) is 17.4 Å². The van der Waals surface area contributed by atoms with Crippen LogP contribution in [0.5, 0.6) is 0 Å². The van der Waals surface area contributed by atoms with Crippen LogP contribution in [0.4, 0.5) is 5.82 Å². The van der Waals surface area contributed by atoms with E-state index in [4.69, 9.17) is 0 Å². The Bertz CT molecular complexity index is 1380. The van der Waals surface area contributed by atoms with E-state index in [1.165, 1.54) is 11.8 Å². The summed E-state index contributed by atoms with van der Waals surface area (Å²) in [7, 11) is -3.13. The Morgan fingerprint density at radius 3 is 2.12 bits per heavy atom. The summed E-state index contributed by atoms with van der Waals surface area (Å²) >= 11 is 0. The van der Waals surface area contributed by atoms with E-state index in [-0.39, 0.29) is 11.7 Å². The highest BCUT2D eigenvalue weighted by Gasteiger charge is 2.12. The smallest absolute Gasteiger partial charge is 0.256 e. The van der Waals surface area contributed by atoms with E-state index < -0.39 is 9.84 Å². The van der Waals surface area contributed by atoms with Gasteiger partial charge in [0.05, 0.1) is 11.4 Å². The van der Waals surface area contributed by atoms with E-state index in [2.05, 4.69) is 10.3 Å². The molecule has 3 aromatic carbocycles. The first-order valence-electron chi connectivity index (χ1n) is 10.5. The van der Waals surface area contributed by atoms with Gasteiger partial charge in [-0.15, -0.1) is 0 Å². The van der Waals surface area contributed by atoms with Crippen molar-refractivity contribution < 1.29 is 13.2 Å². The molecule has 0 atom stereocenters. The van der Waals surface area contributed by atoms with Crippen molar-refractivity contribution in [1.82, 2.24) is 4.98 Å². The molecule has 1 aromatic heterocycles. The number of nitrogens with zero attached hydrogens (tertiary/aromatic N) is 1. The first kappa shape index (κ1) is 22.4. The standard InChI is InChI=1S/C27H24N2O3S/c1-19-8-12-21(13-9-19)24-16-25(22-6-4-3-5-7-22)28-26(17-24)29-27(30)23-14-10-20(11-15-23)18-33(2,31)32/h3-17H,18H2,1-2H3,(H,28,29,30). The zero-order chi connectivity index (χ0) is 23.4. The van der Waals surface area contributed by atoms with Crippen molar-refractivity contribution >= 4 is 21.6 Å². The van der Waals surface area contributed by atoms with E-state index in [0.717, 1.165) is 22.4 Å². The molecular weight excluding hydrogens is 432 g/mol. The molecule has 166 valence electrons. The summed E-state index contributed by atoms with van der Waals surface area (Å²) in [6.45, 7) is 2.04. The summed E-state index contributed by atoms with van der Waals surface area (Å²) in [5.41, 5.74) is 5.92. The molecule has 6 heteroatoms. The Morgan fingerprint density at radius 2 is 1.48 bits per heavy atom. The van der Waals surface area contributed by atoms with Gasteiger partial charge in [-0.1, -0.05) is 72.3 Å². The molecular formula is C27H24N2O3S. The minimum Gasteiger partial charge on any atom is -0.307 e. The molecule has 0 saturated heterocycles. The largest absolute Gasteiger partial charge is 0.307 e. The van der Waals surface area contributed by atoms with Crippen LogP contribution in [0.2, 0.25) is 0 Å². The number of aryl methyl sites for hydroxylation is 1. The highest BCUT2D eigenvalue weighted by Crippen LogP contribution is 2.28. The molecule has 33 heavy (non-hydrogen) atoms. The van der Waals surface area contributed by atoms with E-state index in [0.29, 0.717) is 16.9 Å². The van der Waals surface area contributed by atoms with Crippen LogP contribution in [-0.2, 0) is 15.6 Å². The number of hydrogen-bond acceptors (Lipinski definition) is 4. The third-order valence-corrected chi connectivity index (χ3v) is 6.02. The van der Waals surface area contributed by atoms with Gasteiger partial charge in [-0.3, -0.25) is 4.79 Å². The third-order valence-electron chi connectivity index (χ3n) is 5.17. The van der Waals surface area contributed by atoms with Gasteiger partial charge in [-0.25, -0.2) is 13.4 Å². The Hall–Kier alpha value is -3.77. The zero-order valence-electron chi connectivity index (χ0n) is 18.4. The highest BCUT2D eigenvalue weighted by atomic mass is 32.2. The summed E-state index contributed by atoms with van der Waals surface area (Å²) in [5.74, 6) is 0.0702. The second-order valence-electron chi connectivity index (χ2n) is 8.08. The highest BCUT2D eigenvalue weighted by molar-refractivity contribution is 7.89. The molecule has 4 aromatic rings. The number of anilines is 1.